The number of benzene rings is 1. The molecule has 3 aromatic rings. The molecule has 0 saturated heterocycles. The number of hydrogen-bond acceptors (Lipinski definition) is 8. The summed E-state index contributed by atoms with van der Waals surface area (Å²) in [6.45, 7) is 8.41. The predicted octanol–water partition coefficient (Wildman–Crippen LogP) is 4.17. The van der Waals surface area contributed by atoms with E-state index in [-0.39, 0.29) is 19.3 Å². The van der Waals surface area contributed by atoms with E-state index in [1.165, 1.54) is 18.2 Å². The zero-order valence-electron chi connectivity index (χ0n) is 19.8. The molecule has 0 saturated carbocycles. The zero-order valence-corrected chi connectivity index (χ0v) is 20.6. The summed E-state index contributed by atoms with van der Waals surface area (Å²) in [4.78, 5) is 21.4. The molecular weight excluding hydrogens is 456 g/mol. The average molecular weight is 489 g/mol. The van der Waals surface area contributed by atoms with Crippen LogP contribution >= 0.6 is 0 Å². The second kappa shape index (κ2) is 10.6. The number of nitrogens with one attached hydrogen (secondary N) is 2. The SMILES string of the molecule is COCCNc1cccc(S(=O)(=O)NC(=O)c2ccc(C)nc2Oc2c(C)cc(C)cc2C)n1.[HH].[HH]. The quantitative estimate of drug-likeness (QED) is 0.431. The molecule has 1 aromatic carbocycles. The Labute approximate surface area is 202 Å². The number of carbonyl (C=O) groups is 1. The fourth-order valence-electron chi connectivity index (χ4n) is 3.38. The van der Waals surface area contributed by atoms with Crippen molar-refractivity contribution in [3.63, 3.8) is 0 Å². The summed E-state index contributed by atoms with van der Waals surface area (Å²) in [6.07, 6.45) is 0. The highest BCUT2D eigenvalue weighted by Gasteiger charge is 2.24. The Kier molecular flexibility index (Phi) is 7.85. The topological polar surface area (TPSA) is 120 Å². The first-order valence-corrected chi connectivity index (χ1v) is 12.1. The Morgan fingerprint density at radius 2 is 1.74 bits per heavy atom. The van der Waals surface area contributed by atoms with Crippen molar-refractivity contribution in [1.29, 1.82) is 0 Å². The summed E-state index contributed by atoms with van der Waals surface area (Å²) in [5.41, 5.74) is 3.44. The first kappa shape index (κ1) is 25.1. The molecule has 0 atom stereocenters. The minimum Gasteiger partial charge on any atom is -0.438 e. The Morgan fingerprint density at radius 3 is 2.41 bits per heavy atom. The lowest BCUT2D eigenvalue weighted by Crippen LogP contribution is -2.31. The molecule has 0 unspecified atom stereocenters. The molecule has 2 N–H and O–H groups in total. The monoisotopic (exact) mass is 488 g/mol. The maximum absolute atomic E-state index is 13.0. The number of methoxy groups -OCH3 is 1. The molecule has 0 aliphatic carbocycles. The minimum atomic E-state index is -4.25. The fourth-order valence-corrected chi connectivity index (χ4v) is 4.32. The molecule has 0 radical (unpaired) electrons. The van der Waals surface area contributed by atoms with Crippen LogP contribution in [0, 0.1) is 27.7 Å². The van der Waals surface area contributed by atoms with Gasteiger partial charge in [0.05, 0.1) is 6.61 Å². The van der Waals surface area contributed by atoms with Gasteiger partial charge in [-0.2, -0.15) is 8.42 Å². The van der Waals surface area contributed by atoms with Crippen LogP contribution in [0.2, 0.25) is 0 Å². The van der Waals surface area contributed by atoms with Crippen LogP contribution in [0.3, 0.4) is 0 Å². The number of carbonyl (C=O) groups excluding carboxylic acids is 1. The molecule has 3 rings (SSSR count). The van der Waals surface area contributed by atoms with Gasteiger partial charge in [-0.1, -0.05) is 23.8 Å². The van der Waals surface area contributed by atoms with Crippen LogP contribution < -0.4 is 14.8 Å². The molecule has 0 aliphatic rings. The van der Waals surface area contributed by atoms with Gasteiger partial charge in [-0.05, 0) is 63.1 Å². The van der Waals surface area contributed by atoms with Crippen molar-refractivity contribution in [1.82, 2.24) is 14.7 Å². The predicted molar refractivity (Wildman–Crippen MR) is 133 cm³/mol. The molecular formula is C24H32N4O5S. The largest absolute Gasteiger partial charge is 0.438 e. The van der Waals surface area contributed by atoms with Crippen LogP contribution in [0.5, 0.6) is 11.6 Å². The molecule has 0 fully saturated rings. The first-order chi connectivity index (χ1) is 16.1. The molecule has 10 heteroatoms. The van der Waals surface area contributed by atoms with Crippen molar-refractivity contribution in [3.05, 3.63) is 70.4 Å². The van der Waals surface area contributed by atoms with E-state index in [1.807, 2.05) is 32.9 Å². The minimum absolute atomic E-state index is 0. The summed E-state index contributed by atoms with van der Waals surface area (Å²) in [6, 6.07) is 11.5. The third kappa shape index (κ3) is 6.09. The Bertz CT molecular complexity index is 1300. The highest BCUT2D eigenvalue weighted by molar-refractivity contribution is 7.90. The molecule has 1 amide bonds. The maximum Gasteiger partial charge on any atom is 0.281 e. The van der Waals surface area contributed by atoms with Gasteiger partial charge in [-0.15, -0.1) is 0 Å². The maximum atomic E-state index is 13.0. The van der Waals surface area contributed by atoms with Crippen LogP contribution in [-0.4, -0.2) is 44.6 Å². The molecule has 184 valence electrons. The molecule has 0 aliphatic heterocycles. The van der Waals surface area contributed by atoms with Crippen LogP contribution in [0.15, 0.2) is 47.5 Å². The Balaban J connectivity index is 0.00000324. The lowest BCUT2D eigenvalue weighted by atomic mass is 10.1. The fraction of sp³-hybridized carbons (Fsp3) is 0.292. The van der Waals surface area contributed by atoms with E-state index in [4.69, 9.17) is 9.47 Å². The summed E-state index contributed by atoms with van der Waals surface area (Å²) >= 11 is 0. The van der Waals surface area contributed by atoms with Gasteiger partial charge in [-0.25, -0.2) is 14.7 Å². The number of anilines is 1. The number of nitrogens with zero attached hydrogens (tertiary/aromatic N) is 2. The van der Waals surface area contributed by atoms with Crippen molar-refractivity contribution >= 4 is 21.7 Å². The van der Waals surface area contributed by atoms with Crippen molar-refractivity contribution in [3.8, 4) is 11.6 Å². The van der Waals surface area contributed by atoms with Gasteiger partial charge in [0.15, 0.2) is 5.03 Å². The van der Waals surface area contributed by atoms with Crippen molar-refractivity contribution in [2.45, 2.75) is 32.7 Å². The molecule has 2 heterocycles. The van der Waals surface area contributed by atoms with Gasteiger partial charge in [-0.3, -0.25) is 4.79 Å². The summed E-state index contributed by atoms with van der Waals surface area (Å²) < 4.78 is 38.8. The van der Waals surface area contributed by atoms with Gasteiger partial charge in [0.2, 0.25) is 5.88 Å². The molecule has 9 nitrogen and oxygen atoms in total. The van der Waals surface area contributed by atoms with Crippen molar-refractivity contribution in [2.75, 3.05) is 25.6 Å². The van der Waals surface area contributed by atoms with Crippen LogP contribution in [-0.2, 0) is 14.8 Å². The smallest absolute Gasteiger partial charge is 0.281 e. The second-order valence-corrected chi connectivity index (χ2v) is 9.48. The number of pyridine rings is 2. The van der Waals surface area contributed by atoms with E-state index < -0.39 is 15.9 Å². The molecule has 0 spiro atoms. The summed E-state index contributed by atoms with van der Waals surface area (Å²) in [7, 11) is -2.69. The normalized spacial score (nSPS) is 11.2. The van der Waals surface area contributed by atoms with E-state index in [2.05, 4.69) is 20.0 Å². The number of ether oxygens (including phenoxy) is 2. The number of aryl methyl sites for hydroxylation is 4. The lowest BCUT2D eigenvalue weighted by molar-refractivity contribution is 0.0978. The lowest BCUT2D eigenvalue weighted by Gasteiger charge is -2.15. The van der Waals surface area contributed by atoms with Crippen LogP contribution in [0.1, 0.15) is 35.6 Å². The van der Waals surface area contributed by atoms with Gasteiger partial charge in [0, 0.05) is 22.2 Å². The van der Waals surface area contributed by atoms with E-state index in [0.717, 1.165) is 16.7 Å². The Hall–Kier alpha value is -3.50. The molecule has 0 bridgehead atoms. The Morgan fingerprint density at radius 1 is 1.03 bits per heavy atom. The summed E-state index contributed by atoms with van der Waals surface area (Å²) in [5, 5.41) is 2.66. The van der Waals surface area contributed by atoms with E-state index >= 15 is 0 Å². The van der Waals surface area contributed by atoms with Gasteiger partial charge >= 0.3 is 0 Å². The highest BCUT2D eigenvalue weighted by Crippen LogP contribution is 2.31. The average Bonchev–Trinajstić information content (AvgIpc) is 2.76. The highest BCUT2D eigenvalue weighted by atomic mass is 32.2. The van der Waals surface area contributed by atoms with E-state index in [1.54, 1.807) is 26.2 Å². The third-order valence-electron chi connectivity index (χ3n) is 4.89. The number of rotatable bonds is 9. The number of hydrogen-bond donors (Lipinski definition) is 2. The van der Waals surface area contributed by atoms with Gasteiger partial charge < -0.3 is 14.8 Å². The number of amides is 1. The van der Waals surface area contributed by atoms with Gasteiger partial charge in [0.25, 0.3) is 15.9 Å². The van der Waals surface area contributed by atoms with Crippen LogP contribution in [0.4, 0.5) is 5.82 Å². The summed E-state index contributed by atoms with van der Waals surface area (Å²) in [5.74, 6) is 0.0611. The van der Waals surface area contributed by atoms with Crippen molar-refractivity contribution in [2.24, 2.45) is 0 Å². The standard InChI is InChI=1S/C24H28N4O5S.2H2/c1-15-13-16(2)22(17(3)14-15)33-24-19(10-9-18(4)26-24)23(29)28-34(30,31)21-8-6-7-20(27-21)25-11-12-32-5;;/h6-10,13-14H,11-12H2,1-5H3,(H,25,27)(H,28,29);2*1H. The van der Waals surface area contributed by atoms with E-state index in [0.29, 0.717) is 30.4 Å². The number of aromatic nitrogens is 2. The van der Waals surface area contributed by atoms with Gasteiger partial charge in [0.1, 0.15) is 17.1 Å². The third-order valence-corrected chi connectivity index (χ3v) is 6.12. The molecule has 2 aromatic heterocycles. The first-order valence-electron chi connectivity index (χ1n) is 10.6. The van der Waals surface area contributed by atoms with E-state index in [9.17, 15) is 13.2 Å². The molecule has 34 heavy (non-hydrogen) atoms. The van der Waals surface area contributed by atoms with Crippen molar-refractivity contribution < 1.29 is 25.5 Å². The second-order valence-electron chi connectivity index (χ2n) is 7.85. The zero-order chi connectivity index (χ0) is 24.9. The van der Waals surface area contributed by atoms with Crippen LogP contribution in [0.25, 0.3) is 0 Å². The number of sulfonamides is 1.